The zero-order valence-electron chi connectivity index (χ0n) is 13.5. The molecule has 0 aromatic heterocycles. The minimum atomic E-state index is 0.727. The predicted molar refractivity (Wildman–Crippen MR) is 89.7 cm³/mol. The third kappa shape index (κ3) is 4.52. The number of piperidine rings is 2. The highest BCUT2D eigenvalue weighted by atomic mass is 15.1. The van der Waals surface area contributed by atoms with Crippen molar-refractivity contribution in [3.8, 4) is 0 Å². The van der Waals surface area contributed by atoms with Gasteiger partial charge in [0.1, 0.15) is 0 Å². The number of rotatable bonds is 3. The third-order valence-electron chi connectivity index (χ3n) is 4.81. The molecular weight excluding hydrogens is 244 g/mol. The van der Waals surface area contributed by atoms with Gasteiger partial charge >= 0.3 is 0 Å². The Bertz CT molecular complexity index is 318. The van der Waals surface area contributed by atoms with Crippen molar-refractivity contribution in [2.75, 3.05) is 26.2 Å². The zero-order chi connectivity index (χ0) is 15.0. The maximum atomic E-state index is 4.38. The van der Waals surface area contributed by atoms with Crippen LogP contribution in [0.3, 0.4) is 0 Å². The summed E-state index contributed by atoms with van der Waals surface area (Å²) in [6.07, 6.45) is 7.43. The van der Waals surface area contributed by atoms with Gasteiger partial charge in [-0.3, -0.25) is 0 Å². The Kier molecular flexibility index (Phi) is 7.68. The molecule has 2 saturated heterocycles. The summed E-state index contributed by atoms with van der Waals surface area (Å²) >= 11 is 0. The van der Waals surface area contributed by atoms with Crippen LogP contribution in [0.25, 0.3) is 0 Å². The number of nitrogens with one attached hydrogen (secondary N) is 1. The van der Waals surface area contributed by atoms with E-state index in [1.807, 2.05) is 0 Å². The van der Waals surface area contributed by atoms with Gasteiger partial charge in [0.25, 0.3) is 0 Å². The van der Waals surface area contributed by atoms with Crippen molar-refractivity contribution in [3.63, 3.8) is 0 Å². The van der Waals surface area contributed by atoms with Crippen molar-refractivity contribution < 1.29 is 0 Å². The third-order valence-corrected chi connectivity index (χ3v) is 4.81. The van der Waals surface area contributed by atoms with E-state index in [9.17, 15) is 0 Å². The average Bonchev–Trinajstić information content (AvgIpc) is 2.56. The molecule has 2 aliphatic rings. The first kappa shape index (κ1) is 17.0. The van der Waals surface area contributed by atoms with E-state index in [-0.39, 0.29) is 0 Å². The second kappa shape index (κ2) is 9.02. The number of nitrogens with zero attached hydrogens (tertiary/aromatic N) is 1. The van der Waals surface area contributed by atoms with Gasteiger partial charge < -0.3 is 10.2 Å². The summed E-state index contributed by atoms with van der Waals surface area (Å²) in [4.78, 5) is 2.55. The molecule has 0 radical (unpaired) electrons. The molecular formula is C18H32N2. The monoisotopic (exact) mass is 276 g/mol. The van der Waals surface area contributed by atoms with Crippen LogP contribution in [0.15, 0.2) is 37.1 Å². The Balaban J connectivity index is 0.000000956. The number of allylic oxidation sites excluding steroid dienone is 3. The molecule has 0 aromatic rings. The Morgan fingerprint density at radius 3 is 2.10 bits per heavy atom. The van der Waals surface area contributed by atoms with Crippen LogP contribution in [0.2, 0.25) is 0 Å². The molecule has 114 valence electrons. The smallest absolute Gasteiger partial charge is 0.0180 e. The van der Waals surface area contributed by atoms with Crippen LogP contribution in [0.4, 0.5) is 0 Å². The van der Waals surface area contributed by atoms with E-state index in [0.717, 1.165) is 24.9 Å². The van der Waals surface area contributed by atoms with Gasteiger partial charge in [-0.1, -0.05) is 18.2 Å². The second-order valence-electron chi connectivity index (χ2n) is 5.81. The fraction of sp³-hybridized carbons (Fsp3) is 0.667. The summed E-state index contributed by atoms with van der Waals surface area (Å²) < 4.78 is 0. The van der Waals surface area contributed by atoms with E-state index in [1.54, 1.807) is 5.57 Å². The molecule has 0 saturated carbocycles. The lowest BCUT2D eigenvalue weighted by atomic mass is 9.88. The van der Waals surface area contributed by atoms with Crippen LogP contribution in [0.1, 0.15) is 39.5 Å². The topological polar surface area (TPSA) is 15.3 Å². The highest BCUT2D eigenvalue weighted by Gasteiger charge is 2.25. The summed E-state index contributed by atoms with van der Waals surface area (Å²) in [7, 11) is 0. The maximum Gasteiger partial charge on any atom is 0.0180 e. The average molecular weight is 276 g/mol. The summed E-state index contributed by atoms with van der Waals surface area (Å²) in [5.41, 5.74) is 2.98. The van der Waals surface area contributed by atoms with Gasteiger partial charge in [0.2, 0.25) is 0 Å². The first-order valence-corrected chi connectivity index (χ1v) is 7.99. The van der Waals surface area contributed by atoms with Crippen molar-refractivity contribution in [2.24, 2.45) is 11.8 Å². The number of hydrogen-bond acceptors (Lipinski definition) is 2. The Morgan fingerprint density at radius 1 is 1.05 bits per heavy atom. The van der Waals surface area contributed by atoms with Crippen molar-refractivity contribution in [1.82, 2.24) is 10.2 Å². The van der Waals surface area contributed by atoms with Crippen LogP contribution in [0.5, 0.6) is 0 Å². The van der Waals surface area contributed by atoms with Gasteiger partial charge in [-0.25, -0.2) is 0 Å². The summed E-state index contributed by atoms with van der Waals surface area (Å²) in [6, 6.07) is 0. The lowest BCUT2D eigenvalue weighted by molar-refractivity contribution is 0.211. The van der Waals surface area contributed by atoms with E-state index < -0.39 is 0 Å². The Labute approximate surface area is 125 Å². The van der Waals surface area contributed by atoms with Gasteiger partial charge in [-0.05, 0) is 58.5 Å². The van der Waals surface area contributed by atoms with Gasteiger partial charge in [0, 0.05) is 24.7 Å². The highest BCUT2D eigenvalue weighted by molar-refractivity contribution is 5.07. The number of hydrogen-bond donors (Lipinski definition) is 1. The fourth-order valence-corrected chi connectivity index (χ4v) is 3.27. The minimum absolute atomic E-state index is 0.727. The molecule has 2 heterocycles. The molecule has 0 spiro atoms. The van der Waals surface area contributed by atoms with E-state index in [2.05, 4.69) is 49.9 Å². The Morgan fingerprint density at radius 2 is 1.60 bits per heavy atom. The molecule has 2 nitrogen and oxygen atoms in total. The molecule has 1 N–H and O–H groups in total. The first-order valence-electron chi connectivity index (χ1n) is 7.99. The highest BCUT2D eigenvalue weighted by Crippen LogP contribution is 2.30. The van der Waals surface area contributed by atoms with Crippen LogP contribution < -0.4 is 5.32 Å². The van der Waals surface area contributed by atoms with Crippen LogP contribution >= 0.6 is 0 Å². The number of likely N-dealkylation sites (tertiary alicyclic amines) is 1. The van der Waals surface area contributed by atoms with Crippen molar-refractivity contribution in [1.29, 1.82) is 0 Å². The lowest BCUT2D eigenvalue weighted by Gasteiger charge is -2.39. The predicted octanol–water partition coefficient (Wildman–Crippen LogP) is 3.98. The summed E-state index contributed by atoms with van der Waals surface area (Å²) in [5, 5.41) is 3.44. The molecule has 0 unspecified atom stereocenters. The molecule has 0 aromatic carbocycles. The standard InChI is InChI=1S/C16H28N2.C2H4/c1-4-13(2)15-7-11-18(12-8-15)14(3)16-5-9-17-10-6-16;1-2/h4,15-17H,3,5-12H2,1-2H3;1-2H2/b13-4+;. The van der Waals surface area contributed by atoms with Crippen LogP contribution in [0, 0.1) is 11.8 Å². The van der Waals surface area contributed by atoms with E-state index in [1.165, 1.54) is 44.5 Å². The molecule has 0 bridgehead atoms. The van der Waals surface area contributed by atoms with Crippen molar-refractivity contribution >= 4 is 0 Å². The molecule has 0 amide bonds. The van der Waals surface area contributed by atoms with E-state index in [4.69, 9.17) is 0 Å². The lowest BCUT2D eigenvalue weighted by Crippen LogP contribution is -2.38. The molecule has 2 rings (SSSR count). The van der Waals surface area contributed by atoms with E-state index >= 15 is 0 Å². The van der Waals surface area contributed by atoms with Crippen molar-refractivity contribution in [2.45, 2.75) is 39.5 Å². The Hall–Kier alpha value is -1.02. The molecule has 2 aliphatic heterocycles. The van der Waals surface area contributed by atoms with Crippen LogP contribution in [-0.4, -0.2) is 31.1 Å². The quantitative estimate of drug-likeness (QED) is 0.784. The van der Waals surface area contributed by atoms with Gasteiger partial charge in [-0.15, -0.1) is 13.2 Å². The van der Waals surface area contributed by atoms with E-state index in [0.29, 0.717) is 0 Å². The molecule has 20 heavy (non-hydrogen) atoms. The fourth-order valence-electron chi connectivity index (χ4n) is 3.27. The summed E-state index contributed by atoms with van der Waals surface area (Å²) in [5.74, 6) is 1.54. The van der Waals surface area contributed by atoms with Gasteiger partial charge in [0.05, 0.1) is 0 Å². The van der Waals surface area contributed by atoms with Gasteiger partial charge in [-0.2, -0.15) is 0 Å². The second-order valence-corrected chi connectivity index (χ2v) is 5.81. The molecule has 0 atom stereocenters. The van der Waals surface area contributed by atoms with Crippen LogP contribution in [-0.2, 0) is 0 Å². The first-order chi connectivity index (χ1) is 9.72. The minimum Gasteiger partial charge on any atom is -0.375 e. The zero-order valence-corrected chi connectivity index (χ0v) is 13.5. The molecule has 2 fully saturated rings. The normalized spacial score (nSPS) is 22.1. The van der Waals surface area contributed by atoms with Crippen molar-refractivity contribution in [3.05, 3.63) is 37.1 Å². The van der Waals surface area contributed by atoms with Gasteiger partial charge in [0.15, 0.2) is 0 Å². The maximum absolute atomic E-state index is 4.38. The molecule has 2 heteroatoms. The largest absolute Gasteiger partial charge is 0.375 e. The molecule has 0 aliphatic carbocycles. The SMILES string of the molecule is C=C.C=C(C1CCNCC1)N1CCC(/C(C)=C/C)CC1. The summed E-state index contributed by atoms with van der Waals surface area (Å²) in [6.45, 7) is 19.6.